The van der Waals surface area contributed by atoms with Crippen LogP contribution in [0.4, 0.5) is 5.69 Å². The number of nitrogens with zero attached hydrogens (tertiary/aromatic N) is 3. The van der Waals surface area contributed by atoms with Crippen LogP contribution in [0.15, 0.2) is 48.5 Å². The van der Waals surface area contributed by atoms with Crippen LogP contribution in [0.3, 0.4) is 0 Å². The molecule has 0 aliphatic carbocycles. The van der Waals surface area contributed by atoms with Crippen molar-refractivity contribution < 1.29 is 14.3 Å². The molecule has 7 nitrogen and oxygen atoms in total. The van der Waals surface area contributed by atoms with Gasteiger partial charge in [0, 0.05) is 5.69 Å². The highest BCUT2D eigenvalue weighted by molar-refractivity contribution is 6.03. The van der Waals surface area contributed by atoms with Crippen LogP contribution in [-0.4, -0.2) is 34.1 Å². The van der Waals surface area contributed by atoms with E-state index in [2.05, 4.69) is 15.6 Å². The van der Waals surface area contributed by atoms with Gasteiger partial charge in [-0.15, -0.1) is 5.10 Å². The summed E-state index contributed by atoms with van der Waals surface area (Å²) in [4.78, 5) is 12.6. The summed E-state index contributed by atoms with van der Waals surface area (Å²) >= 11 is 0. The molecule has 0 spiro atoms. The number of rotatable bonds is 7. The van der Waals surface area contributed by atoms with Gasteiger partial charge in [-0.25, -0.2) is 4.68 Å². The zero-order chi connectivity index (χ0) is 19.2. The highest BCUT2D eigenvalue weighted by Crippen LogP contribution is 2.19. The van der Waals surface area contributed by atoms with E-state index in [4.69, 9.17) is 9.47 Å². The molecule has 140 valence electrons. The number of ether oxygens (including phenoxy) is 2. The second kappa shape index (κ2) is 8.35. The minimum atomic E-state index is -0.311. The molecule has 0 aliphatic rings. The molecule has 0 saturated heterocycles. The van der Waals surface area contributed by atoms with Crippen molar-refractivity contribution in [3.63, 3.8) is 0 Å². The van der Waals surface area contributed by atoms with E-state index < -0.39 is 0 Å². The number of carbonyl (C=O) groups excluding carboxylic acids is 1. The Morgan fingerprint density at radius 3 is 2.07 bits per heavy atom. The van der Waals surface area contributed by atoms with Crippen LogP contribution in [0, 0.1) is 6.92 Å². The number of hydrogen-bond donors (Lipinski definition) is 1. The summed E-state index contributed by atoms with van der Waals surface area (Å²) in [6, 6.07) is 14.7. The summed E-state index contributed by atoms with van der Waals surface area (Å²) < 4.78 is 12.5. The molecule has 0 unspecified atom stereocenters. The third-order valence-corrected chi connectivity index (χ3v) is 3.93. The Morgan fingerprint density at radius 2 is 1.52 bits per heavy atom. The van der Waals surface area contributed by atoms with Crippen molar-refractivity contribution in [2.45, 2.75) is 20.8 Å². The average molecular weight is 366 g/mol. The summed E-state index contributed by atoms with van der Waals surface area (Å²) in [5.74, 6) is 1.23. The van der Waals surface area contributed by atoms with Gasteiger partial charge in [-0.2, -0.15) is 0 Å². The smallest absolute Gasteiger partial charge is 0.278 e. The lowest BCUT2D eigenvalue weighted by molar-refractivity contribution is 0.102. The molecule has 1 heterocycles. The topological polar surface area (TPSA) is 78.3 Å². The first-order valence-electron chi connectivity index (χ1n) is 8.82. The number of anilines is 1. The third kappa shape index (κ3) is 4.25. The summed E-state index contributed by atoms with van der Waals surface area (Å²) in [5.41, 5.74) is 2.41. The van der Waals surface area contributed by atoms with Gasteiger partial charge in [-0.1, -0.05) is 5.21 Å². The summed E-state index contributed by atoms with van der Waals surface area (Å²) in [7, 11) is 0. The van der Waals surface area contributed by atoms with Crippen molar-refractivity contribution in [3.05, 3.63) is 59.9 Å². The van der Waals surface area contributed by atoms with Crippen LogP contribution in [0.5, 0.6) is 11.5 Å². The normalized spacial score (nSPS) is 10.5. The Morgan fingerprint density at radius 1 is 0.963 bits per heavy atom. The Hall–Kier alpha value is -3.35. The van der Waals surface area contributed by atoms with Crippen LogP contribution >= 0.6 is 0 Å². The molecule has 1 amide bonds. The molecule has 7 heteroatoms. The molecular weight excluding hydrogens is 344 g/mol. The van der Waals surface area contributed by atoms with Gasteiger partial charge < -0.3 is 14.8 Å². The van der Waals surface area contributed by atoms with E-state index in [1.807, 2.05) is 57.2 Å². The molecule has 0 radical (unpaired) electrons. The lowest BCUT2D eigenvalue weighted by Gasteiger charge is -2.07. The van der Waals surface area contributed by atoms with Crippen LogP contribution in [0.25, 0.3) is 5.69 Å². The van der Waals surface area contributed by atoms with E-state index >= 15 is 0 Å². The van der Waals surface area contributed by atoms with Crippen molar-refractivity contribution in [1.29, 1.82) is 0 Å². The van der Waals surface area contributed by atoms with Crippen molar-refractivity contribution in [3.8, 4) is 17.2 Å². The SMILES string of the molecule is CCOc1ccc(NC(=O)c2nnn(-c3ccc(OCC)cc3)c2C)cc1. The van der Waals surface area contributed by atoms with Gasteiger partial charge in [0.2, 0.25) is 0 Å². The molecule has 1 N–H and O–H groups in total. The molecule has 0 bridgehead atoms. The minimum absolute atomic E-state index is 0.276. The van der Waals surface area contributed by atoms with Crippen molar-refractivity contribution >= 4 is 11.6 Å². The summed E-state index contributed by atoms with van der Waals surface area (Å²) in [6.45, 7) is 6.87. The number of hydrogen-bond acceptors (Lipinski definition) is 5. The maximum atomic E-state index is 12.6. The third-order valence-electron chi connectivity index (χ3n) is 3.93. The van der Waals surface area contributed by atoms with Crippen molar-refractivity contribution in [1.82, 2.24) is 15.0 Å². The lowest BCUT2D eigenvalue weighted by Crippen LogP contribution is -2.14. The first-order valence-corrected chi connectivity index (χ1v) is 8.82. The zero-order valence-corrected chi connectivity index (χ0v) is 15.6. The number of benzene rings is 2. The summed E-state index contributed by atoms with van der Waals surface area (Å²) in [6.07, 6.45) is 0. The molecule has 1 aromatic heterocycles. The van der Waals surface area contributed by atoms with Crippen LogP contribution < -0.4 is 14.8 Å². The number of nitrogens with one attached hydrogen (secondary N) is 1. The molecule has 0 atom stereocenters. The fourth-order valence-corrected chi connectivity index (χ4v) is 2.63. The Bertz CT molecular complexity index is 902. The van der Waals surface area contributed by atoms with E-state index in [0.717, 1.165) is 17.2 Å². The first kappa shape index (κ1) is 18.4. The van der Waals surface area contributed by atoms with E-state index in [-0.39, 0.29) is 11.6 Å². The number of carbonyl (C=O) groups is 1. The van der Waals surface area contributed by atoms with E-state index in [1.54, 1.807) is 16.8 Å². The Labute approximate surface area is 157 Å². The minimum Gasteiger partial charge on any atom is -0.494 e. The summed E-state index contributed by atoms with van der Waals surface area (Å²) in [5, 5.41) is 11.0. The van der Waals surface area contributed by atoms with Gasteiger partial charge in [0.1, 0.15) is 11.5 Å². The molecular formula is C20H22N4O3. The molecule has 0 saturated carbocycles. The lowest BCUT2D eigenvalue weighted by atomic mass is 10.2. The number of aromatic nitrogens is 3. The van der Waals surface area contributed by atoms with E-state index in [9.17, 15) is 4.79 Å². The standard InChI is InChI=1S/C20H22N4O3/c1-4-26-17-10-6-15(7-11-17)21-20(25)19-14(3)24(23-22-19)16-8-12-18(13-9-16)27-5-2/h6-13H,4-5H2,1-3H3,(H,21,25). The van der Waals surface area contributed by atoms with Gasteiger partial charge >= 0.3 is 0 Å². The zero-order valence-electron chi connectivity index (χ0n) is 15.6. The van der Waals surface area contributed by atoms with E-state index in [0.29, 0.717) is 24.6 Å². The number of amides is 1. The fourth-order valence-electron chi connectivity index (χ4n) is 2.63. The largest absolute Gasteiger partial charge is 0.494 e. The highest BCUT2D eigenvalue weighted by atomic mass is 16.5. The molecule has 0 fully saturated rings. The molecule has 3 rings (SSSR count). The van der Waals surface area contributed by atoms with Crippen LogP contribution in [0.2, 0.25) is 0 Å². The second-order valence-electron chi connectivity index (χ2n) is 5.77. The predicted octanol–water partition coefficient (Wildman–Crippen LogP) is 3.63. The highest BCUT2D eigenvalue weighted by Gasteiger charge is 2.17. The van der Waals surface area contributed by atoms with Crippen molar-refractivity contribution in [2.75, 3.05) is 18.5 Å². The van der Waals surface area contributed by atoms with Crippen LogP contribution in [-0.2, 0) is 0 Å². The molecule has 2 aromatic carbocycles. The van der Waals surface area contributed by atoms with Gasteiger partial charge in [0.05, 0.1) is 24.6 Å². The average Bonchev–Trinajstić information content (AvgIpc) is 3.06. The second-order valence-corrected chi connectivity index (χ2v) is 5.77. The fraction of sp³-hybridized carbons (Fsp3) is 0.250. The molecule has 3 aromatic rings. The maximum Gasteiger partial charge on any atom is 0.278 e. The Balaban J connectivity index is 1.74. The monoisotopic (exact) mass is 366 g/mol. The molecule has 27 heavy (non-hydrogen) atoms. The maximum absolute atomic E-state index is 12.6. The predicted molar refractivity (Wildman–Crippen MR) is 103 cm³/mol. The molecule has 0 aliphatic heterocycles. The van der Waals surface area contributed by atoms with E-state index in [1.165, 1.54) is 0 Å². The Kier molecular flexibility index (Phi) is 5.71. The van der Waals surface area contributed by atoms with Gasteiger partial charge in [0.25, 0.3) is 5.91 Å². The van der Waals surface area contributed by atoms with Gasteiger partial charge in [-0.05, 0) is 69.3 Å². The quantitative estimate of drug-likeness (QED) is 0.691. The van der Waals surface area contributed by atoms with Crippen LogP contribution in [0.1, 0.15) is 30.0 Å². The van der Waals surface area contributed by atoms with Crippen molar-refractivity contribution in [2.24, 2.45) is 0 Å². The first-order chi connectivity index (χ1) is 13.1. The van der Waals surface area contributed by atoms with Gasteiger partial charge in [-0.3, -0.25) is 4.79 Å². The van der Waals surface area contributed by atoms with Gasteiger partial charge in [0.15, 0.2) is 5.69 Å².